The summed E-state index contributed by atoms with van der Waals surface area (Å²) in [4.78, 5) is 42.6. The normalized spacial score (nSPS) is 11.1. The van der Waals surface area contributed by atoms with Gasteiger partial charge in [-0.2, -0.15) is 10.2 Å². The number of hydrazine groups is 1. The Bertz CT molecular complexity index is 1370. The molecule has 3 heterocycles. The van der Waals surface area contributed by atoms with Gasteiger partial charge in [0.25, 0.3) is 17.4 Å². The molecule has 2 amide bonds. The molecule has 0 unspecified atom stereocenters. The fraction of sp³-hybridized carbons (Fsp3) is 0.273. The van der Waals surface area contributed by atoms with Gasteiger partial charge in [0.2, 0.25) is 0 Å². The Morgan fingerprint density at radius 1 is 1.00 bits per heavy atom. The lowest BCUT2D eigenvalue weighted by molar-refractivity contribution is 0.0844. The lowest BCUT2D eigenvalue weighted by Gasteiger charge is -2.12. The first kappa shape index (κ1) is 21.2. The van der Waals surface area contributed by atoms with Crippen LogP contribution in [0.1, 0.15) is 52.7 Å². The highest BCUT2D eigenvalue weighted by atomic mass is 16.2. The second-order valence-electron chi connectivity index (χ2n) is 7.39. The molecule has 0 saturated heterocycles. The van der Waals surface area contributed by atoms with Gasteiger partial charge in [0.15, 0.2) is 11.3 Å². The van der Waals surface area contributed by atoms with Crippen LogP contribution in [-0.2, 0) is 6.54 Å². The molecule has 0 spiro atoms. The van der Waals surface area contributed by atoms with Crippen molar-refractivity contribution in [3.63, 3.8) is 0 Å². The van der Waals surface area contributed by atoms with Gasteiger partial charge in [0.1, 0.15) is 5.56 Å². The summed E-state index contributed by atoms with van der Waals surface area (Å²) >= 11 is 0. The minimum absolute atomic E-state index is 0.0618. The van der Waals surface area contributed by atoms with Crippen molar-refractivity contribution in [2.75, 3.05) is 0 Å². The number of nitrogens with zero attached hydrogens (tertiary/aromatic N) is 5. The third-order valence-corrected chi connectivity index (χ3v) is 5.14. The molecule has 4 rings (SSSR count). The van der Waals surface area contributed by atoms with Gasteiger partial charge in [-0.1, -0.05) is 38.0 Å². The fourth-order valence-corrected chi connectivity index (χ4v) is 3.56. The Morgan fingerprint density at radius 2 is 1.75 bits per heavy atom. The van der Waals surface area contributed by atoms with Crippen LogP contribution >= 0.6 is 0 Å². The minimum atomic E-state index is -0.624. The first-order valence-electron chi connectivity index (χ1n) is 10.4. The number of fused-ring (bicyclic) bond motifs is 2. The van der Waals surface area contributed by atoms with Gasteiger partial charge in [0.05, 0.1) is 11.1 Å². The number of unbranched alkanes of at least 4 members (excludes halogenated alkanes) is 2. The summed E-state index contributed by atoms with van der Waals surface area (Å²) in [5.74, 6) is -1.17. The summed E-state index contributed by atoms with van der Waals surface area (Å²) in [5.41, 5.74) is 5.74. The average Bonchev–Trinajstić information content (AvgIpc) is 3.14. The second kappa shape index (κ2) is 8.96. The predicted octanol–water partition coefficient (Wildman–Crippen LogP) is 2.01. The van der Waals surface area contributed by atoms with Crippen LogP contribution in [0.15, 0.2) is 47.5 Å². The average molecular weight is 433 g/mol. The van der Waals surface area contributed by atoms with Gasteiger partial charge in [0, 0.05) is 24.3 Å². The molecular weight excluding hydrogens is 410 g/mol. The molecule has 0 aliphatic heterocycles. The van der Waals surface area contributed by atoms with Crippen molar-refractivity contribution in [1.29, 1.82) is 0 Å². The molecule has 0 bridgehead atoms. The van der Waals surface area contributed by atoms with Crippen LogP contribution in [0.5, 0.6) is 0 Å². The van der Waals surface area contributed by atoms with Gasteiger partial charge in [-0.25, -0.2) is 14.2 Å². The number of hydrogen-bond acceptors (Lipinski definition) is 6. The number of rotatable bonds is 6. The third-order valence-electron chi connectivity index (χ3n) is 5.14. The van der Waals surface area contributed by atoms with Crippen LogP contribution < -0.4 is 16.4 Å². The smallest absolute Gasteiger partial charge is 0.267 e. The number of benzene rings is 1. The van der Waals surface area contributed by atoms with E-state index in [1.807, 2.05) is 0 Å². The van der Waals surface area contributed by atoms with Crippen LogP contribution in [0.3, 0.4) is 0 Å². The van der Waals surface area contributed by atoms with Crippen molar-refractivity contribution in [1.82, 2.24) is 35.2 Å². The lowest BCUT2D eigenvalue weighted by atomic mass is 10.1. The van der Waals surface area contributed by atoms with Crippen molar-refractivity contribution in [2.24, 2.45) is 0 Å². The van der Waals surface area contributed by atoms with Crippen LogP contribution in [0.25, 0.3) is 16.4 Å². The molecule has 0 fully saturated rings. The number of amides is 2. The van der Waals surface area contributed by atoms with E-state index >= 15 is 0 Å². The standard InChI is InChI=1S/C22H23N7O3/c1-3-4-7-12-29-22(32)16-10-6-5-9-15(16)18(27-29)21(31)25-24-20(30)17-14(2)26-28-13-8-11-23-19(17)28/h5-6,8-11,13H,3-4,7,12H2,1-2H3,(H,24,30)(H,25,31). The number of nitrogens with one attached hydrogen (secondary N) is 2. The van der Waals surface area contributed by atoms with Crippen LogP contribution in [0, 0.1) is 6.92 Å². The molecule has 0 aliphatic rings. The molecule has 164 valence electrons. The van der Waals surface area contributed by atoms with Crippen molar-refractivity contribution < 1.29 is 9.59 Å². The third kappa shape index (κ3) is 3.94. The molecule has 3 aromatic heterocycles. The van der Waals surface area contributed by atoms with E-state index in [1.165, 1.54) is 9.20 Å². The monoisotopic (exact) mass is 433 g/mol. The zero-order valence-corrected chi connectivity index (χ0v) is 17.8. The maximum Gasteiger partial charge on any atom is 0.290 e. The van der Waals surface area contributed by atoms with Gasteiger partial charge < -0.3 is 0 Å². The zero-order chi connectivity index (χ0) is 22.7. The Kier molecular flexibility index (Phi) is 5.93. The highest BCUT2D eigenvalue weighted by Crippen LogP contribution is 2.14. The molecule has 32 heavy (non-hydrogen) atoms. The molecule has 10 heteroatoms. The van der Waals surface area contributed by atoms with Gasteiger partial charge in [-0.15, -0.1) is 0 Å². The van der Waals surface area contributed by atoms with Crippen molar-refractivity contribution in [2.45, 2.75) is 39.7 Å². The lowest BCUT2D eigenvalue weighted by Crippen LogP contribution is -2.43. The van der Waals surface area contributed by atoms with E-state index in [-0.39, 0.29) is 16.8 Å². The quantitative estimate of drug-likeness (QED) is 0.354. The van der Waals surface area contributed by atoms with Crippen molar-refractivity contribution in [3.8, 4) is 0 Å². The summed E-state index contributed by atoms with van der Waals surface area (Å²) in [6.45, 7) is 4.17. The minimum Gasteiger partial charge on any atom is -0.267 e. The van der Waals surface area contributed by atoms with Crippen LogP contribution in [0.2, 0.25) is 0 Å². The number of hydrogen-bond donors (Lipinski definition) is 2. The number of carbonyl (C=O) groups is 2. The summed E-state index contributed by atoms with van der Waals surface area (Å²) in [7, 11) is 0. The van der Waals surface area contributed by atoms with E-state index in [1.54, 1.807) is 49.6 Å². The molecule has 10 nitrogen and oxygen atoms in total. The van der Waals surface area contributed by atoms with E-state index in [4.69, 9.17) is 0 Å². The van der Waals surface area contributed by atoms with Gasteiger partial charge in [-0.3, -0.25) is 25.2 Å². The Hall–Kier alpha value is -4.08. The van der Waals surface area contributed by atoms with E-state index in [9.17, 15) is 14.4 Å². The molecule has 4 aromatic rings. The maximum atomic E-state index is 12.9. The van der Waals surface area contributed by atoms with E-state index in [0.717, 1.165) is 19.3 Å². The molecule has 1 aromatic carbocycles. The zero-order valence-electron chi connectivity index (χ0n) is 17.8. The Balaban J connectivity index is 1.61. The molecule has 0 atom stereocenters. The largest absolute Gasteiger partial charge is 0.290 e. The molecular formula is C22H23N7O3. The SMILES string of the molecule is CCCCCn1nc(C(=O)NNC(=O)c2c(C)nn3cccnc23)c2ccccc2c1=O. The number of carbonyl (C=O) groups excluding carboxylic acids is 2. The van der Waals surface area contributed by atoms with E-state index < -0.39 is 11.8 Å². The Labute approximate surface area is 183 Å². The molecule has 0 aliphatic carbocycles. The fourth-order valence-electron chi connectivity index (χ4n) is 3.56. The summed E-state index contributed by atoms with van der Waals surface area (Å²) in [5, 5.41) is 9.36. The van der Waals surface area contributed by atoms with Crippen molar-refractivity contribution in [3.05, 3.63) is 70.0 Å². The Morgan fingerprint density at radius 3 is 2.53 bits per heavy atom. The summed E-state index contributed by atoms with van der Waals surface area (Å²) in [6, 6.07) is 8.50. The predicted molar refractivity (Wildman–Crippen MR) is 118 cm³/mol. The highest BCUT2D eigenvalue weighted by Gasteiger charge is 2.21. The summed E-state index contributed by atoms with van der Waals surface area (Å²) in [6.07, 6.45) is 5.97. The van der Waals surface area contributed by atoms with Crippen LogP contribution in [-0.4, -0.2) is 36.2 Å². The van der Waals surface area contributed by atoms with Gasteiger partial charge in [-0.05, 0) is 25.5 Å². The summed E-state index contributed by atoms with van der Waals surface area (Å²) < 4.78 is 2.81. The van der Waals surface area contributed by atoms with E-state index in [2.05, 4.69) is 33.0 Å². The first-order chi connectivity index (χ1) is 15.5. The maximum absolute atomic E-state index is 12.9. The van der Waals surface area contributed by atoms with E-state index in [0.29, 0.717) is 28.7 Å². The van der Waals surface area contributed by atoms with Gasteiger partial charge >= 0.3 is 0 Å². The highest BCUT2D eigenvalue weighted by molar-refractivity contribution is 6.07. The second-order valence-corrected chi connectivity index (χ2v) is 7.39. The molecule has 0 saturated carbocycles. The number of aromatic nitrogens is 5. The molecule has 0 radical (unpaired) electrons. The first-order valence-corrected chi connectivity index (χ1v) is 10.4. The number of aryl methyl sites for hydroxylation is 2. The van der Waals surface area contributed by atoms with Crippen LogP contribution in [0.4, 0.5) is 0 Å². The topological polar surface area (TPSA) is 123 Å². The molecule has 2 N–H and O–H groups in total. The van der Waals surface area contributed by atoms with Crippen molar-refractivity contribution >= 4 is 28.2 Å².